The first-order valence-corrected chi connectivity index (χ1v) is 15.3. The minimum absolute atomic E-state index is 0.145. The van der Waals surface area contributed by atoms with Crippen molar-refractivity contribution in [2.75, 3.05) is 44.3 Å². The van der Waals surface area contributed by atoms with Gasteiger partial charge in [-0.1, -0.05) is 42.1 Å². The van der Waals surface area contributed by atoms with Gasteiger partial charge in [0.05, 0.1) is 53.6 Å². The van der Waals surface area contributed by atoms with E-state index in [0.717, 1.165) is 50.6 Å². The van der Waals surface area contributed by atoms with Gasteiger partial charge in [-0.15, -0.1) is 0 Å². The molecule has 1 fully saturated rings. The number of halogens is 3. The lowest BCUT2D eigenvalue weighted by Gasteiger charge is -2.36. The van der Waals surface area contributed by atoms with Crippen LogP contribution in [-0.2, 0) is 10.9 Å². The van der Waals surface area contributed by atoms with Crippen molar-refractivity contribution in [3.05, 3.63) is 84.7 Å². The highest BCUT2D eigenvalue weighted by Crippen LogP contribution is 2.53. The number of nitrogens with zero attached hydrogens (tertiary/aromatic N) is 4. The number of hydrogen-bond donors (Lipinski definition) is 2. The monoisotopic (exact) mass is 612 g/mol. The third-order valence-electron chi connectivity index (χ3n) is 8.48. The predicted molar refractivity (Wildman–Crippen MR) is 166 cm³/mol. The average Bonchev–Trinajstić information content (AvgIpc) is 3.72. The van der Waals surface area contributed by atoms with Gasteiger partial charge in [-0.25, -0.2) is 0 Å². The molecule has 4 aromatic carbocycles. The van der Waals surface area contributed by atoms with Crippen molar-refractivity contribution in [3.63, 3.8) is 0 Å². The first-order valence-electron chi connectivity index (χ1n) is 14.4. The number of aromatic amines is 2. The Balaban J connectivity index is 1.28. The van der Waals surface area contributed by atoms with Crippen LogP contribution in [0.1, 0.15) is 5.56 Å². The molecular formula is C33H27F3N6OS. The lowest BCUT2D eigenvalue weighted by atomic mass is 9.95. The minimum atomic E-state index is -4.55. The van der Waals surface area contributed by atoms with Gasteiger partial charge in [-0.3, -0.25) is 15.1 Å². The van der Waals surface area contributed by atoms with Crippen LogP contribution < -0.4 is 4.90 Å². The quantitative estimate of drug-likeness (QED) is 0.208. The van der Waals surface area contributed by atoms with Gasteiger partial charge >= 0.3 is 6.18 Å². The van der Waals surface area contributed by atoms with E-state index in [9.17, 15) is 13.2 Å². The Hall–Kier alpha value is -4.32. The minimum Gasteiger partial charge on any atom is -0.379 e. The molecule has 0 radical (unpaired) electrons. The molecule has 1 saturated heterocycles. The maximum Gasteiger partial charge on any atom is 0.417 e. The van der Waals surface area contributed by atoms with Crippen molar-refractivity contribution in [1.82, 2.24) is 25.3 Å². The Morgan fingerprint density at radius 3 is 2.16 bits per heavy atom. The lowest BCUT2D eigenvalue weighted by Crippen LogP contribution is -2.41. The van der Waals surface area contributed by atoms with E-state index in [2.05, 4.69) is 42.3 Å². The molecule has 11 heteroatoms. The molecule has 6 aromatic rings. The smallest absolute Gasteiger partial charge is 0.379 e. The normalized spacial score (nSPS) is 15.6. The fourth-order valence-corrected chi connectivity index (χ4v) is 7.44. The van der Waals surface area contributed by atoms with Crippen LogP contribution in [0.2, 0.25) is 0 Å². The number of benzene rings is 4. The third-order valence-corrected chi connectivity index (χ3v) is 9.57. The van der Waals surface area contributed by atoms with Crippen molar-refractivity contribution >= 4 is 44.9 Å². The van der Waals surface area contributed by atoms with Crippen molar-refractivity contribution in [2.24, 2.45) is 0 Å². The fraction of sp³-hybridized carbons (Fsp3) is 0.212. The van der Waals surface area contributed by atoms with Gasteiger partial charge in [0.1, 0.15) is 0 Å². The number of alkyl halides is 3. The Labute approximate surface area is 255 Å². The number of nitrogens with one attached hydrogen (secondary N) is 2. The van der Waals surface area contributed by atoms with Gasteiger partial charge < -0.3 is 9.64 Å². The summed E-state index contributed by atoms with van der Waals surface area (Å²) in [5.41, 5.74) is 5.16. The van der Waals surface area contributed by atoms with Crippen LogP contribution in [0.15, 0.2) is 88.9 Å². The SMILES string of the molecule is FC(F)(F)c1cc2c(cc1-c1cccc3[nH]ncc13)Sc1cc(-c3cccc4[nH]ncc34)ccc1N2CCN1CCOCC1. The summed E-state index contributed by atoms with van der Waals surface area (Å²) >= 11 is 1.51. The Bertz CT molecular complexity index is 2010. The highest BCUT2D eigenvalue weighted by atomic mass is 32.2. The Morgan fingerprint density at radius 2 is 1.43 bits per heavy atom. The van der Waals surface area contributed by atoms with Crippen LogP contribution in [-0.4, -0.2) is 64.7 Å². The van der Waals surface area contributed by atoms with Crippen LogP contribution in [0.25, 0.3) is 44.1 Å². The number of ether oxygens (including phenoxy) is 1. The van der Waals surface area contributed by atoms with Gasteiger partial charge in [0.25, 0.3) is 0 Å². The van der Waals surface area contributed by atoms with Gasteiger partial charge in [0.15, 0.2) is 0 Å². The average molecular weight is 613 g/mol. The van der Waals surface area contributed by atoms with Crippen molar-refractivity contribution < 1.29 is 17.9 Å². The van der Waals surface area contributed by atoms with Gasteiger partial charge in [0, 0.05) is 46.7 Å². The summed E-state index contributed by atoms with van der Waals surface area (Å²) in [5.74, 6) is 0. The van der Waals surface area contributed by atoms with Crippen LogP contribution in [0.5, 0.6) is 0 Å². The van der Waals surface area contributed by atoms with Gasteiger partial charge in [-0.2, -0.15) is 23.4 Å². The van der Waals surface area contributed by atoms with Crippen molar-refractivity contribution in [2.45, 2.75) is 16.0 Å². The van der Waals surface area contributed by atoms with E-state index < -0.39 is 11.7 Å². The van der Waals surface area contributed by atoms with Crippen LogP contribution in [0.3, 0.4) is 0 Å². The number of fused-ring (bicyclic) bond motifs is 4. The number of aromatic nitrogens is 4. The van der Waals surface area contributed by atoms with Gasteiger partial charge in [-0.05, 0) is 58.7 Å². The molecule has 222 valence electrons. The van der Waals surface area contributed by atoms with Crippen LogP contribution in [0, 0.1) is 0 Å². The second kappa shape index (κ2) is 10.7. The second-order valence-electron chi connectivity index (χ2n) is 11.0. The number of H-pyrrole nitrogens is 2. The standard InChI is InChI=1S/C33H27F3N6OS/c34-33(35,36)26-17-30-32(16-23(26)22-4-2-6-28-25(22)19-38-40-28)44-31-15-20(21-3-1-5-27-24(21)18-37-39-27)7-8-29(31)42(30)10-9-41-11-13-43-14-12-41/h1-8,15-19H,9-14H2,(H,37,39)(H,38,40). The van der Waals surface area contributed by atoms with E-state index >= 15 is 0 Å². The molecule has 0 aliphatic carbocycles. The van der Waals surface area contributed by atoms with Crippen molar-refractivity contribution in [1.29, 1.82) is 0 Å². The van der Waals surface area contributed by atoms with E-state index in [1.54, 1.807) is 24.4 Å². The van der Waals surface area contributed by atoms with Crippen LogP contribution >= 0.6 is 11.8 Å². The number of rotatable bonds is 5. The molecular weight excluding hydrogens is 585 g/mol. The summed E-state index contributed by atoms with van der Waals surface area (Å²) in [6.07, 6.45) is -1.14. The summed E-state index contributed by atoms with van der Waals surface area (Å²) in [4.78, 5) is 6.12. The molecule has 8 rings (SSSR count). The number of anilines is 2. The molecule has 0 bridgehead atoms. The summed E-state index contributed by atoms with van der Waals surface area (Å²) in [6.45, 7) is 4.18. The molecule has 7 nitrogen and oxygen atoms in total. The maximum absolute atomic E-state index is 14.8. The van der Waals surface area contributed by atoms with Gasteiger partial charge in [0.2, 0.25) is 0 Å². The van der Waals surface area contributed by atoms with E-state index in [-0.39, 0.29) is 5.56 Å². The van der Waals surface area contributed by atoms with E-state index in [4.69, 9.17) is 4.74 Å². The zero-order chi connectivity index (χ0) is 29.8. The molecule has 2 aliphatic rings. The topological polar surface area (TPSA) is 73.1 Å². The molecule has 2 aliphatic heterocycles. The zero-order valence-corrected chi connectivity index (χ0v) is 24.3. The molecule has 2 N–H and O–H groups in total. The van der Waals surface area contributed by atoms with Crippen LogP contribution in [0.4, 0.5) is 24.5 Å². The summed E-state index contributed by atoms with van der Waals surface area (Å²) in [6, 6.07) is 20.6. The third kappa shape index (κ3) is 4.72. The van der Waals surface area contributed by atoms with E-state index in [0.29, 0.717) is 48.5 Å². The Morgan fingerprint density at radius 1 is 0.750 bits per heavy atom. The fourth-order valence-electron chi connectivity index (χ4n) is 6.28. The molecule has 4 heterocycles. The largest absolute Gasteiger partial charge is 0.417 e. The second-order valence-corrected chi connectivity index (χ2v) is 12.1. The predicted octanol–water partition coefficient (Wildman–Crippen LogP) is 7.73. The summed E-state index contributed by atoms with van der Waals surface area (Å²) in [5, 5.41) is 15.9. The zero-order valence-electron chi connectivity index (χ0n) is 23.5. The molecule has 2 aromatic heterocycles. The summed E-state index contributed by atoms with van der Waals surface area (Å²) in [7, 11) is 0. The molecule has 0 saturated carbocycles. The maximum atomic E-state index is 14.8. The highest BCUT2D eigenvalue weighted by molar-refractivity contribution is 7.99. The molecule has 0 amide bonds. The Kier molecular flexibility index (Phi) is 6.62. The van der Waals surface area contributed by atoms with E-state index in [1.165, 1.54) is 17.8 Å². The lowest BCUT2D eigenvalue weighted by molar-refractivity contribution is -0.137. The number of hydrogen-bond acceptors (Lipinski definition) is 6. The molecule has 0 atom stereocenters. The molecule has 0 unspecified atom stereocenters. The highest BCUT2D eigenvalue weighted by Gasteiger charge is 2.37. The molecule has 44 heavy (non-hydrogen) atoms. The van der Waals surface area contributed by atoms with E-state index in [1.807, 2.05) is 36.5 Å². The molecule has 0 spiro atoms. The summed E-state index contributed by atoms with van der Waals surface area (Å²) < 4.78 is 49.9. The first-order chi connectivity index (χ1) is 21.4. The first kappa shape index (κ1) is 27.2. The van der Waals surface area contributed by atoms with Crippen molar-refractivity contribution in [3.8, 4) is 22.3 Å². The number of morpholine rings is 1.